The molecule has 4 rings (SSSR count). The van der Waals surface area contributed by atoms with Crippen molar-refractivity contribution in [1.29, 1.82) is 0 Å². The van der Waals surface area contributed by atoms with Gasteiger partial charge in [-0.1, -0.05) is 36.4 Å². The average Bonchev–Trinajstić information content (AvgIpc) is 3.14. The minimum Gasteiger partial charge on any atom is -0.395 e. The van der Waals surface area contributed by atoms with Crippen molar-refractivity contribution in [3.8, 4) is 0 Å². The van der Waals surface area contributed by atoms with E-state index in [2.05, 4.69) is 34.2 Å². The number of nitrogens with one attached hydrogen (secondary N) is 2. The molecule has 0 aliphatic rings. The predicted molar refractivity (Wildman–Crippen MR) is 85.5 cm³/mol. The molecule has 4 aromatic rings. The van der Waals surface area contributed by atoms with E-state index < -0.39 is 0 Å². The molecule has 3 nitrogen and oxygen atoms in total. The number of rotatable bonds is 3. The molecule has 0 bridgehead atoms. The Bertz CT molecular complexity index is 830. The van der Waals surface area contributed by atoms with E-state index in [9.17, 15) is 5.11 Å². The van der Waals surface area contributed by atoms with Crippen molar-refractivity contribution >= 4 is 21.8 Å². The monoisotopic (exact) mass is 276 g/mol. The van der Waals surface area contributed by atoms with Crippen molar-refractivity contribution in [2.75, 3.05) is 6.61 Å². The summed E-state index contributed by atoms with van der Waals surface area (Å²) < 4.78 is 0. The maximum atomic E-state index is 9.96. The first-order valence-corrected chi connectivity index (χ1v) is 7.11. The summed E-state index contributed by atoms with van der Waals surface area (Å²) in [5.41, 5.74) is 4.48. The summed E-state index contributed by atoms with van der Waals surface area (Å²) >= 11 is 0. The first kappa shape index (κ1) is 12.2. The number of hydrogen-bond donors (Lipinski definition) is 3. The Morgan fingerprint density at radius 3 is 1.71 bits per heavy atom. The number of fused-ring (bicyclic) bond motifs is 2. The van der Waals surface area contributed by atoms with Crippen molar-refractivity contribution in [2.24, 2.45) is 0 Å². The number of H-pyrrole nitrogens is 2. The molecule has 0 radical (unpaired) electrons. The van der Waals surface area contributed by atoms with E-state index >= 15 is 0 Å². The van der Waals surface area contributed by atoms with Crippen LogP contribution < -0.4 is 0 Å². The molecular formula is C18H16N2O. The van der Waals surface area contributed by atoms with Crippen LogP contribution in [0.5, 0.6) is 0 Å². The van der Waals surface area contributed by atoms with E-state index in [0.29, 0.717) is 0 Å². The summed E-state index contributed by atoms with van der Waals surface area (Å²) in [5, 5.41) is 12.3. The Kier molecular flexibility index (Phi) is 2.79. The minimum atomic E-state index is -0.0303. The van der Waals surface area contributed by atoms with E-state index in [-0.39, 0.29) is 12.5 Å². The van der Waals surface area contributed by atoms with Gasteiger partial charge in [0.25, 0.3) is 0 Å². The van der Waals surface area contributed by atoms with Gasteiger partial charge in [0.2, 0.25) is 0 Å². The van der Waals surface area contributed by atoms with E-state index in [1.54, 1.807) is 0 Å². The van der Waals surface area contributed by atoms with E-state index in [1.807, 2.05) is 36.7 Å². The third-order valence-corrected chi connectivity index (χ3v) is 4.18. The molecule has 2 aromatic carbocycles. The van der Waals surface area contributed by atoms with E-state index in [1.165, 1.54) is 10.8 Å². The molecule has 0 fully saturated rings. The third-order valence-electron chi connectivity index (χ3n) is 4.18. The lowest BCUT2D eigenvalue weighted by Gasteiger charge is -2.13. The van der Waals surface area contributed by atoms with Crippen molar-refractivity contribution in [1.82, 2.24) is 9.97 Å². The zero-order chi connectivity index (χ0) is 14.2. The fraction of sp³-hybridized carbons (Fsp3) is 0.111. The largest absolute Gasteiger partial charge is 0.395 e. The minimum absolute atomic E-state index is 0.0303. The summed E-state index contributed by atoms with van der Waals surface area (Å²) in [6.45, 7) is 0.0870. The second kappa shape index (κ2) is 4.79. The molecule has 0 spiro atoms. The smallest absolute Gasteiger partial charge is 0.0542 e. The quantitative estimate of drug-likeness (QED) is 0.524. The summed E-state index contributed by atoms with van der Waals surface area (Å²) in [6, 6.07) is 16.4. The molecular weight excluding hydrogens is 260 g/mol. The predicted octanol–water partition coefficient (Wildman–Crippen LogP) is 3.77. The van der Waals surface area contributed by atoms with Crippen LogP contribution in [0, 0.1) is 0 Å². The highest BCUT2D eigenvalue weighted by Gasteiger charge is 2.20. The molecule has 104 valence electrons. The van der Waals surface area contributed by atoms with Gasteiger partial charge in [-0.3, -0.25) is 0 Å². The van der Waals surface area contributed by atoms with Gasteiger partial charge in [-0.15, -0.1) is 0 Å². The Hall–Kier alpha value is -2.52. The third kappa shape index (κ3) is 1.86. The maximum absolute atomic E-state index is 9.96. The molecule has 2 heterocycles. The summed E-state index contributed by atoms with van der Waals surface area (Å²) in [5.74, 6) is -0.0303. The molecule has 0 unspecified atom stereocenters. The highest BCUT2D eigenvalue weighted by molar-refractivity contribution is 5.88. The molecule has 0 atom stereocenters. The number of aliphatic hydroxyl groups is 1. The van der Waals surface area contributed by atoms with Crippen molar-refractivity contribution < 1.29 is 5.11 Å². The Morgan fingerprint density at radius 1 is 0.762 bits per heavy atom. The summed E-state index contributed by atoms with van der Waals surface area (Å²) in [6.07, 6.45) is 4.01. The molecule has 21 heavy (non-hydrogen) atoms. The number of aliphatic hydroxyl groups excluding tert-OH is 1. The first-order valence-electron chi connectivity index (χ1n) is 7.11. The molecule has 0 aliphatic heterocycles. The van der Waals surface area contributed by atoms with Crippen molar-refractivity contribution in [3.63, 3.8) is 0 Å². The van der Waals surface area contributed by atoms with Gasteiger partial charge in [-0.25, -0.2) is 0 Å². The highest BCUT2D eigenvalue weighted by atomic mass is 16.3. The van der Waals surface area contributed by atoms with Crippen LogP contribution >= 0.6 is 0 Å². The van der Waals surface area contributed by atoms with E-state index in [4.69, 9.17) is 0 Å². The lowest BCUT2D eigenvalue weighted by atomic mass is 9.91. The average molecular weight is 276 g/mol. The molecule has 0 aliphatic carbocycles. The molecule has 0 amide bonds. The standard InChI is InChI=1S/C18H16N2O/c21-11-16(14-9-19-17-7-3-1-5-12(14)17)15-10-20-18-8-4-2-6-13(15)18/h1-10,16,19-21H,11H2. The zero-order valence-electron chi connectivity index (χ0n) is 11.5. The number of benzene rings is 2. The van der Waals surface area contributed by atoms with Gasteiger partial charge in [0.15, 0.2) is 0 Å². The second-order valence-corrected chi connectivity index (χ2v) is 5.31. The van der Waals surface area contributed by atoms with Crippen molar-refractivity contribution in [3.05, 3.63) is 72.1 Å². The van der Waals surface area contributed by atoms with Crippen LogP contribution in [0.25, 0.3) is 21.8 Å². The lowest BCUT2D eigenvalue weighted by molar-refractivity contribution is 0.281. The van der Waals surface area contributed by atoms with Gasteiger partial charge in [0.1, 0.15) is 0 Å². The fourth-order valence-corrected chi connectivity index (χ4v) is 3.13. The molecule has 0 saturated heterocycles. The van der Waals surface area contributed by atoms with Crippen LogP contribution in [0.3, 0.4) is 0 Å². The van der Waals surface area contributed by atoms with Crippen LogP contribution in [-0.4, -0.2) is 21.7 Å². The van der Waals surface area contributed by atoms with Gasteiger partial charge in [-0.05, 0) is 23.3 Å². The van der Waals surface area contributed by atoms with Crippen LogP contribution in [0.2, 0.25) is 0 Å². The van der Waals surface area contributed by atoms with Crippen molar-refractivity contribution in [2.45, 2.75) is 5.92 Å². The summed E-state index contributed by atoms with van der Waals surface area (Å²) in [4.78, 5) is 6.58. The first-order chi connectivity index (χ1) is 10.4. The molecule has 3 heteroatoms. The van der Waals surface area contributed by atoms with Crippen LogP contribution in [0.1, 0.15) is 17.0 Å². The number of aromatic amines is 2. The molecule has 3 N–H and O–H groups in total. The van der Waals surface area contributed by atoms with Gasteiger partial charge < -0.3 is 15.1 Å². The Morgan fingerprint density at radius 2 is 1.24 bits per heavy atom. The Balaban J connectivity index is 1.92. The molecule has 2 aromatic heterocycles. The normalized spacial score (nSPS) is 11.7. The van der Waals surface area contributed by atoms with Crippen LogP contribution in [-0.2, 0) is 0 Å². The maximum Gasteiger partial charge on any atom is 0.0542 e. The fourth-order valence-electron chi connectivity index (χ4n) is 3.13. The zero-order valence-corrected chi connectivity index (χ0v) is 11.5. The van der Waals surface area contributed by atoms with Gasteiger partial charge >= 0.3 is 0 Å². The topological polar surface area (TPSA) is 51.8 Å². The Labute approximate surface area is 122 Å². The number of aromatic nitrogens is 2. The summed E-state index contributed by atoms with van der Waals surface area (Å²) in [7, 11) is 0. The van der Waals surface area contributed by atoms with Crippen LogP contribution in [0.15, 0.2) is 60.9 Å². The molecule has 0 saturated carbocycles. The van der Waals surface area contributed by atoms with Crippen LogP contribution in [0.4, 0.5) is 0 Å². The lowest BCUT2D eigenvalue weighted by Crippen LogP contribution is -2.04. The van der Waals surface area contributed by atoms with E-state index in [0.717, 1.165) is 22.2 Å². The second-order valence-electron chi connectivity index (χ2n) is 5.31. The SMILES string of the molecule is OCC(c1c[nH]c2ccccc12)c1c[nH]c2ccccc12. The number of para-hydroxylation sites is 2. The van der Waals surface area contributed by atoms with Gasteiger partial charge in [0.05, 0.1) is 6.61 Å². The highest BCUT2D eigenvalue weighted by Crippen LogP contribution is 2.34. The van der Waals surface area contributed by atoms with Gasteiger partial charge in [0, 0.05) is 40.1 Å². The van der Waals surface area contributed by atoms with Gasteiger partial charge in [-0.2, -0.15) is 0 Å². The number of hydrogen-bond acceptors (Lipinski definition) is 1.